The van der Waals surface area contributed by atoms with Gasteiger partial charge in [-0.2, -0.15) is 0 Å². The van der Waals surface area contributed by atoms with Crippen LogP contribution in [-0.4, -0.2) is 50.0 Å². The molecule has 0 aliphatic carbocycles. The van der Waals surface area contributed by atoms with Crippen molar-refractivity contribution in [1.82, 2.24) is 4.90 Å². The zero-order chi connectivity index (χ0) is 16.6. The number of nitrogen functional groups attached to an aromatic ring is 1. The Morgan fingerprint density at radius 1 is 1.14 bits per heavy atom. The topological polar surface area (TPSA) is 74.0 Å². The molecule has 0 radical (unpaired) electrons. The van der Waals surface area contributed by atoms with E-state index in [9.17, 15) is 4.79 Å². The summed E-state index contributed by atoms with van der Waals surface area (Å²) in [7, 11) is 1.60. The van der Waals surface area contributed by atoms with Crippen LogP contribution in [0.1, 0.15) is 20.8 Å². The number of ether oxygens (including phenoxy) is 3. The Labute approximate surface area is 132 Å². The maximum absolute atomic E-state index is 12.1. The Hall–Kier alpha value is -1.95. The Balaban J connectivity index is 2.50. The summed E-state index contributed by atoms with van der Waals surface area (Å²) in [6.45, 7) is 7.20. The van der Waals surface area contributed by atoms with E-state index in [2.05, 4.69) is 0 Å². The first kappa shape index (κ1) is 18.1. The van der Waals surface area contributed by atoms with Gasteiger partial charge in [0.15, 0.2) is 0 Å². The molecular formula is C16H26N2O4. The third-order valence-corrected chi connectivity index (χ3v) is 2.73. The maximum atomic E-state index is 12.1. The molecule has 0 bridgehead atoms. The van der Waals surface area contributed by atoms with Gasteiger partial charge in [-0.15, -0.1) is 0 Å². The molecule has 0 aliphatic rings. The van der Waals surface area contributed by atoms with Gasteiger partial charge >= 0.3 is 6.09 Å². The molecule has 0 aliphatic heterocycles. The van der Waals surface area contributed by atoms with Gasteiger partial charge < -0.3 is 24.8 Å². The molecule has 2 N–H and O–H groups in total. The number of carbonyl (C=O) groups excluding carboxylic acids is 1. The van der Waals surface area contributed by atoms with Crippen LogP contribution in [0.5, 0.6) is 5.75 Å². The van der Waals surface area contributed by atoms with Crippen molar-refractivity contribution in [1.29, 1.82) is 0 Å². The molecule has 22 heavy (non-hydrogen) atoms. The first-order chi connectivity index (χ1) is 10.3. The van der Waals surface area contributed by atoms with Crippen LogP contribution in [0.2, 0.25) is 0 Å². The molecule has 0 fully saturated rings. The standard InChI is InChI=1S/C16H26N2O4/c1-16(2,3)22-15(19)18(9-11-20-4)10-12-21-14-7-5-13(17)6-8-14/h5-8H,9-12,17H2,1-4H3. The molecule has 1 rings (SSSR count). The zero-order valence-corrected chi connectivity index (χ0v) is 13.8. The molecular weight excluding hydrogens is 284 g/mol. The molecule has 0 spiro atoms. The molecule has 0 aromatic heterocycles. The summed E-state index contributed by atoms with van der Waals surface area (Å²) in [5, 5.41) is 0. The van der Waals surface area contributed by atoms with Gasteiger partial charge in [-0.25, -0.2) is 4.79 Å². The molecule has 0 atom stereocenters. The lowest BCUT2D eigenvalue weighted by molar-refractivity contribution is 0.0177. The number of anilines is 1. The second kappa shape index (κ2) is 8.48. The van der Waals surface area contributed by atoms with Gasteiger partial charge in [0.25, 0.3) is 0 Å². The molecule has 0 heterocycles. The van der Waals surface area contributed by atoms with Gasteiger partial charge in [-0.3, -0.25) is 0 Å². The van der Waals surface area contributed by atoms with Crippen LogP contribution in [-0.2, 0) is 9.47 Å². The fourth-order valence-corrected chi connectivity index (χ4v) is 1.66. The molecule has 6 heteroatoms. The van der Waals surface area contributed by atoms with E-state index in [1.165, 1.54) is 0 Å². The van der Waals surface area contributed by atoms with Gasteiger partial charge in [0.05, 0.1) is 13.2 Å². The maximum Gasteiger partial charge on any atom is 0.410 e. The minimum Gasteiger partial charge on any atom is -0.492 e. The summed E-state index contributed by atoms with van der Waals surface area (Å²) in [4.78, 5) is 13.7. The largest absolute Gasteiger partial charge is 0.492 e. The molecule has 0 saturated carbocycles. The number of hydrogen-bond acceptors (Lipinski definition) is 5. The van der Waals surface area contributed by atoms with Gasteiger partial charge in [-0.05, 0) is 45.0 Å². The second-order valence-electron chi connectivity index (χ2n) is 5.88. The number of amides is 1. The summed E-state index contributed by atoms with van der Waals surface area (Å²) < 4.78 is 16.0. The van der Waals surface area contributed by atoms with Crippen molar-refractivity contribution in [3.05, 3.63) is 24.3 Å². The van der Waals surface area contributed by atoms with E-state index in [-0.39, 0.29) is 6.09 Å². The Morgan fingerprint density at radius 3 is 2.27 bits per heavy atom. The van der Waals surface area contributed by atoms with Crippen LogP contribution in [0.15, 0.2) is 24.3 Å². The SMILES string of the molecule is COCCN(CCOc1ccc(N)cc1)C(=O)OC(C)(C)C. The summed E-state index contributed by atoms with van der Waals surface area (Å²) in [5.41, 5.74) is 5.77. The van der Waals surface area contributed by atoms with Crippen LogP contribution in [0, 0.1) is 0 Å². The van der Waals surface area contributed by atoms with E-state index in [1.54, 1.807) is 36.3 Å². The van der Waals surface area contributed by atoms with Crippen molar-refractivity contribution in [2.45, 2.75) is 26.4 Å². The van der Waals surface area contributed by atoms with Crippen molar-refractivity contribution < 1.29 is 19.0 Å². The summed E-state index contributed by atoms with van der Waals surface area (Å²) in [5.74, 6) is 0.713. The second-order valence-corrected chi connectivity index (χ2v) is 5.88. The number of rotatable bonds is 7. The van der Waals surface area contributed by atoms with Crippen molar-refractivity contribution >= 4 is 11.8 Å². The van der Waals surface area contributed by atoms with Crippen LogP contribution in [0.4, 0.5) is 10.5 Å². The van der Waals surface area contributed by atoms with Crippen LogP contribution in [0.25, 0.3) is 0 Å². The van der Waals surface area contributed by atoms with Gasteiger partial charge in [0.2, 0.25) is 0 Å². The van der Waals surface area contributed by atoms with Crippen LogP contribution < -0.4 is 10.5 Å². The van der Waals surface area contributed by atoms with Crippen molar-refractivity contribution in [2.75, 3.05) is 39.1 Å². The van der Waals surface area contributed by atoms with E-state index in [0.29, 0.717) is 37.7 Å². The number of nitrogens with two attached hydrogens (primary N) is 1. The highest BCUT2D eigenvalue weighted by molar-refractivity contribution is 5.68. The minimum absolute atomic E-state index is 0.368. The highest BCUT2D eigenvalue weighted by Gasteiger charge is 2.21. The number of hydrogen-bond donors (Lipinski definition) is 1. The number of nitrogens with zero attached hydrogens (tertiary/aromatic N) is 1. The van der Waals surface area contributed by atoms with Crippen molar-refractivity contribution in [3.8, 4) is 5.75 Å². The average molecular weight is 310 g/mol. The monoisotopic (exact) mass is 310 g/mol. The summed E-state index contributed by atoms with van der Waals surface area (Å²) >= 11 is 0. The molecule has 124 valence electrons. The van der Waals surface area contributed by atoms with E-state index in [1.807, 2.05) is 20.8 Å². The third-order valence-electron chi connectivity index (χ3n) is 2.73. The van der Waals surface area contributed by atoms with Gasteiger partial charge in [0, 0.05) is 19.3 Å². The highest BCUT2D eigenvalue weighted by Crippen LogP contribution is 2.13. The Bertz CT molecular complexity index is 454. The van der Waals surface area contributed by atoms with Crippen molar-refractivity contribution in [3.63, 3.8) is 0 Å². The Kier molecular flexibility index (Phi) is 6.98. The highest BCUT2D eigenvalue weighted by atomic mass is 16.6. The number of carbonyl (C=O) groups is 1. The minimum atomic E-state index is -0.528. The normalized spacial score (nSPS) is 11.1. The molecule has 1 amide bonds. The van der Waals surface area contributed by atoms with Gasteiger partial charge in [-0.1, -0.05) is 0 Å². The van der Waals surface area contributed by atoms with Crippen LogP contribution in [0.3, 0.4) is 0 Å². The van der Waals surface area contributed by atoms with Gasteiger partial charge in [0.1, 0.15) is 18.0 Å². The fourth-order valence-electron chi connectivity index (χ4n) is 1.66. The first-order valence-corrected chi connectivity index (χ1v) is 7.27. The molecule has 1 aromatic carbocycles. The Morgan fingerprint density at radius 2 is 1.73 bits per heavy atom. The third kappa shape index (κ3) is 7.17. The van der Waals surface area contributed by atoms with E-state index in [0.717, 1.165) is 0 Å². The van der Waals surface area contributed by atoms with Crippen molar-refractivity contribution in [2.24, 2.45) is 0 Å². The van der Waals surface area contributed by atoms with E-state index in [4.69, 9.17) is 19.9 Å². The van der Waals surface area contributed by atoms with Crippen LogP contribution >= 0.6 is 0 Å². The predicted molar refractivity (Wildman–Crippen MR) is 86.0 cm³/mol. The predicted octanol–water partition coefficient (Wildman–Crippen LogP) is 2.53. The average Bonchev–Trinajstić information content (AvgIpc) is 2.42. The molecule has 6 nitrogen and oxygen atoms in total. The fraction of sp³-hybridized carbons (Fsp3) is 0.562. The van der Waals surface area contributed by atoms with E-state index >= 15 is 0 Å². The van der Waals surface area contributed by atoms with E-state index < -0.39 is 5.60 Å². The lowest BCUT2D eigenvalue weighted by Gasteiger charge is -2.27. The summed E-state index contributed by atoms with van der Waals surface area (Å²) in [6.07, 6.45) is -0.370. The molecule has 0 unspecified atom stereocenters. The number of benzene rings is 1. The number of methoxy groups -OCH3 is 1. The quantitative estimate of drug-likeness (QED) is 0.783. The zero-order valence-electron chi connectivity index (χ0n) is 13.8. The lowest BCUT2D eigenvalue weighted by atomic mass is 10.2. The molecule has 0 saturated heterocycles. The lowest BCUT2D eigenvalue weighted by Crippen LogP contribution is -2.40. The summed E-state index contributed by atoms with van der Waals surface area (Å²) in [6, 6.07) is 7.13. The first-order valence-electron chi connectivity index (χ1n) is 7.27. The molecule has 1 aromatic rings. The smallest absolute Gasteiger partial charge is 0.410 e.